The van der Waals surface area contributed by atoms with Crippen molar-refractivity contribution in [3.05, 3.63) is 71.2 Å². The Morgan fingerprint density at radius 1 is 1.09 bits per heavy atom. The van der Waals surface area contributed by atoms with Gasteiger partial charge in [0.1, 0.15) is 0 Å². The number of nitrogens with two attached hydrogens (primary N) is 1. The number of hydrogen-bond acceptors (Lipinski definition) is 2. The van der Waals surface area contributed by atoms with E-state index >= 15 is 0 Å². The van der Waals surface area contributed by atoms with Crippen molar-refractivity contribution < 1.29 is 0 Å². The van der Waals surface area contributed by atoms with Gasteiger partial charge in [0.05, 0.1) is 12.0 Å². The summed E-state index contributed by atoms with van der Waals surface area (Å²) in [7, 11) is 0. The van der Waals surface area contributed by atoms with Crippen LogP contribution in [-0.2, 0) is 5.54 Å². The lowest BCUT2D eigenvalue weighted by molar-refractivity contribution is 0.253. The minimum Gasteiger partial charge on any atom is -0.321 e. The lowest BCUT2D eigenvalue weighted by Gasteiger charge is -2.38. The molecule has 2 N–H and O–H groups in total. The number of para-hydroxylation sites is 1. The van der Waals surface area contributed by atoms with E-state index in [0.717, 1.165) is 23.0 Å². The van der Waals surface area contributed by atoms with E-state index in [-0.39, 0.29) is 5.54 Å². The van der Waals surface area contributed by atoms with Crippen LogP contribution in [0, 0.1) is 0 Å². The van der Waals surface area contributed by atoms with Gasteiger partial charge in [-0.25, -0.2) is 4.98 Å². The van der Waals surface area contributed by atoms with E-state index in [1.165, 1.54) is 23.1 Å². The van der Waals surface area contributed by atoms with Crippen LogP contribution in [0.2, 0.25) is 0 Å². The van der Waals surface area contributed by atoms with Crippen LogP contribution >= 0.6 is 15.9 Å². The molecule has 0 amide bonds. The molecule has 0 radical (unpaired) electrons. The minimum atomic E-state index is -0.108. The van der Waals surface area contributed by atoms with Crippen LogP contribution in [0.5, 0.6) is 0 Å². The number of hydrogen-bond donors (Lipinski definition) is 1. The average molecular weight is 368 g/mol. The second-order valence-electron chi connectivity index (χ2n) is 6.19. The normalized spacial score (nSPS) is 16.1. The molecule has 1 saturated carbocycles. The summed E-state index contributed by atoms with van der Waals surface area (Å²) in [4.78, 5) is 4.17. The van der Waals surface area contributed by atoms with Crippen molar-refractivity contribution in [1.82, 2.24) is 9.55 Å². The van der Waals surface area contributed by atoms with Crippen LogP contribution in [0.3, 0.4) is 0 Å². The van der Waals surface area contributed by atoms with E-state index in [0.29, 0.717) is 0 Å². The quantitative estimate of drug-likeness (QED) is 0.732. The minimum absolute atomic E-state index is 0.108. The third-order valence-corrected chi connectivity index (χ3v) is 5.41. The number of imidazole rings is 1. The molecule has 3 nitrogen and oxygen atoms in total. The van der Waals surface area contributed by atoms with Gasteiger partial charge in [-0.1, -0.05) is 36.4 Å². The number of nitrogens with zero attached hydrogens (tertiary/aromatic N) is 2. The van der Waals surface area contributed by atoms with Crippen LogP contribution in [0.15, 0.2) is 65.7 Å². The van der Waals surface area contributed by atoms with Crippen LogP contribution in [0.4, 0.5) is 0 Å². The van der Waals surface area contributed by atoms with Gasteiger partial charge in [-0.2, -0.15) is 0 Å². The molecule has 2 aromatic carbocycles. The van der Waals surface area contributed by atoms with E-state index < -0.39 is 0 Å². The molecule has 1 aliphatic rings. The maximum atomic E-state index is 6.42. The summed E-state index contributed by atoms with van der Waals surface area (Å²) in [5, 5.41) is 0. The lowest BCUT2D eigenvalue weighted by Crippen LogP contribution is -2.43. The zero-order valence-corrected chi connectivity index (χ0v) is 14.3. The molecule has 0 bridgehead atoms. The van der Waals surface area contributed by atoms with E-state index in [9.17, 15) is 0 Å². The first-order chi connectivity index (χ1) is 11.2. The molecule has 23 heavy (non-hydrogen) atoms. The molecule has 0 spiro atoms. The van der Waals surface area contributed by atoms with Gasteiger partial charge in [0, 0.05) is 28.0 Å². The first-order valence-electron chi connectivity index (χ1n) is 7.84. The summed E-state index contributed by atoms with van der Waals surface area (Å²) in [6.07, 6.45) is 8.98. The smallest absolute Gasteiger partial charge is 0.0992 e. The highest BCUT2D eigenvalue weighted by atomic mass is 79.9. The van der Waals surface area contributed by atoms with E-state index in [4.69, 9.17) is 5.73 Å². The topological polar surface area (TPSA) is 43.8 Å². The van der Waals surface area contributed by atoms with Crippen LogP contribution < -0.4 is 5.73 Å². The Labute approximate surface area is 144 Å². The molecule has 1 fully saturated rings. The molecule has 4 rings (SSSR count). The Morgan fingerprint density at radius 3 is 2.48 bits per heavy atom. The van der Waals surface area contributed by atoms with Crippen molar-refractivity contribution >= 4 is 15.9 Å². The molecular weight excluding hydrogens is 350 g/mol. The first kappa shape index (κ1) is 14.7. The molecule has 1 aliphatic carbocycles. The monoisotopic (exact) mass is 367 g/mol. The van der Waals surface area contributed by atoms with E-state index in [1.54, 1.807) is 6.20 Å². The summed E-state index contributed by atoms with van der Waals surface area (Å²) >= 11 is 3.66. The predicted molar refractivity (Wildman–Crippen MR) is 96.4 cm³/mol. The molecule has 0 saturated heterocycles. The van der Waals surface area contributed by atoms with Gasteiger partial charge in [-0.15, -0.1) is 0 Å². The fraction of sp³-hybridized carbons (Fsp3) is 0.211. The van der Waals surface area contributed by atoms with Gasteiger partial charge in [-0.05, 0) is 52.4 Å². The van der Waals surface area contributed by atoms with Crippen molar-refractivity contribution in [2.45, 2.75) is 24.8 Å². The van der Waals surface area contributed by atoms with Crippen LogP contribution in [0.1, 0.15) is 24.8 Å². The van der Waals surface area contributed by atoms with Gasteiger partial charge < -0.3 is 10.3 Å². The van der Waals surface area contributed by atoms with Gasteiger partial charge in [0.25, 0.3) is 0 Å². The Bertz CT molecular complexity index is 818. The molecule has 0 atom stereocenters. The second-order valence-corrected chi connectivity index (χ2v) is 7.05. The maximum Gasteiger partial charge on any atom is 0.0992 e. The third-order valence-electron chi connectivity index (χ3n) is 4.77. The zero-order chi connectivity index (χ0) is 15.9. The summed E-state index contributed by atoms with van der Waals surface area (Å²) in [5.74, 6) is 0. The third kappa shape index (κ3) is 2.52. The van der Waals surface area contributed by atoms with E-state index in [2.05, 4.69) is 63.4 Å². The Morgan fingerprint density at radius 2 is 1.87 bits per heavy atom. The molecule has 116 valence electrons. The largest absolute Gasteiger partial charge is 0.321 e. The fourth-order valence-corrected chi connectivity index (χ4v) is 3.80. The predicted octanol–water partition coefficient (Wildman–Crippen LogP) is 4.64. The number of aromatic nitrogens is 2. The number of benzene rings is 2. The highest BCUT2D eigenvalue weighted by Gasteiger charge is 2.34. The van der Waals surface area contributed by atoms with Gasteiger partial charge in [-0.3, -0.25) is 0 Å². The van der Waals surface area contributed by atoms with Crippen LogP contribution in [0.25, 0.3) is 16.8 Å². The lowest BCUT2D eigenvalue weighted by atomic mass is 9.72. The molecular formula is C19H18BrN3. The van der Waals surface area contributed by atoms with Gasteiger partial charge >= 0.3 is 0 Å². The van der Waals surface area contributed by atoms with Gasteiger partial charge in [0.15, 0.2) is 0 Å². The highest BCUT2D eigenvalue weighted by Crippen LogP contribution is 2.40. The number of halogens is 1. The van der Waals surface area contributed by atoms with Gasteiger partial charge in [0.2, 0.25) is 0 Å². The summed E-state index contributed by atoms with van der Waals surface area (Å²) in [6.45, 7) is 0. The SMILES string of the molecule is NC1(c2ccc(-c3cccc(Br)c3-n3ccnc3)cc2)CCC1. The van der Waals surface area contributed by atoms with Crippen molar-refractivity contribution in [2.24, 2.45) is 5.73 Å². The van der Waals surface area contributed by atoms with E-state index in [1.807, 2.05) is 17.1 Å². The first-order valence-corrected chi connectivity index (χ1v) is 8.63. The van der Waals surface area contributed by atoms with Crippen LogP contribution in [-0.4, -0.2) is 9.55 Å². The average Bonchev–Trinajstić information content (AvgIpc) is 3.06. The Balaban J connectivity index is 1.78. The summed E-state index contributed by atoms with van der Waals surface area (Å²) < 4.78 is 3.08. The summed E-state index contributed by atoms with van der Waals surface area (Å²) in [5.41, 5.74) is 11.0. The highest BCUT2D eigenvalue weighted by molar-refractivity contribution is 9.10. The zero-order valence-electron chi connectivity index (χ0n) is 12.7. The number of rotatable bonds is 3. The maximum absolute atomic E-state index is 6.42. The molecule has 1 heterocycles. The molecule has 0 aliphatic heterocycles. The molecule has 0 unspecified atom stereocenters. The fourth-order valence-electron chi connectivity index (χ4n) is 3.23. The summed E-state index contributed by atoms with van der Waals surface area (Å²) in [6, 6.07) is 14.9. The molecule has 3 aromatic rings. The standard InChI is InChI=1S/C19H18BrN3/c20-17-4-1-3-16(18(17)23-12-11-22-13-23)14-5-7-15(8-6-14)19(21)9-2-10-19/h1,3-8,11-13H,2,9-10,21H2. The molecule has 4 heteroatoms. The Hall–Kier alpha value is -1.91. The van der Waals surface area contributed by atoms with Crippen molar-refractivity contribution in [3.63, 3.8) is 0 Å². The van der Waals surface area contributed by atoms with Crippen molar-refractivity contribution in [2.75, 3.05) is 0 Å². The van der Waals surface area contributed by atoms with Crippen molar-refractivity contribution in [3.8, 4) is 16.8 Å². The Kier molecular flexibility index (Phi) is 3.58. The second kappa shape index (κ2) is 5.62. The molecule has 1 aromatic heterocycles. The van der Waals surface area contributed by atoms with Crippen molar-refractivity contribution in [1.29, 1.82) is 0 Å².